The number of nitrogens with one attached hydrogen (secondary N) is 3. The summed E-state index contributed by atoms with van der Waals surface area (Å²) in [5.41, 5.74) is 4.64. The Bertz CT molecular complexity index is 1270. The molecule has 3 aromatic rings. The number of hydrogen-bond donors (Lipinski definition) is 3. The van der Waals surface area contributed by atoms with Gasteiger partial charge in [0, 0.05) is 50.3 Å². The molecule has 0 aliphatic rings. The first-order valence-corrected chi connectivity index (χ1v) is 13.5. The van der Waals surface area contributed by atoms with Gasteiger partial charge in [0.1, 0.15) is 6.04 Å². The van der Waals surface area contributed by atoms with Crippen molar-refractivity contribution in [3.05, 3.63) is 72.2 Å². The van der Waals surface area contributed by atoms with E-state index < -0.39 is 36.9 Å². The third kappa shape index (κ3) is 9.48. The Morgan fingerprint density at radius 2 is 1.66 bits per heavy atom. The number of carbonyl (C=O) groups is 3. The predicted octanol–water partition coefficient (Wildman–Crippen LogP) is 2.68. The molecule has 0 aliphatic heterocycles. The molecule has 220 valence electrons. The number of carbonyl (C=O) groups excluding carboxylic acids is 3. The van der Waals surface area contributed by atoms with Gasteiger partial charge in [0.25, 0.3) is 0 Å². The number of nitrogens with zero attached hydrogens (tertiary/aromatic N) is 3. The summed E-state index contributed by atoms with van der Waals surface area (Å²) >= 11 is 0. The molecule has 4 amide bonds. The molecular formula is C29H38N6O6. The van der Waals surface area contributed by atoms with Gasteiger partial charge >= 0.3 is 6.03 Å². The molecule has 2 aromatic heterocycles. The van der Waals surface area contributed by atoms with Gasteiger partial charge < -0.3 is 25.0 Å². The highest BCUT2D eigenvalue weighted by Crippen LogP contribution is 2.21. The molecule has 0 radical (unpaired) electrons. The van der Waals surface area contributed by atoms with Gasteiger partial charge in [-0.3, -0.25) is 24.4 Å². The van der Waals surface area contributed by atoms with Crippen molar-refractivity contribution >= 4 is 28.7 Å². The maximum atomic E-state index is 13.7. The van der Waals surface area contributed by atoms with Crippen LogP contribution in [0.15, 0.2) is 61.1 Å². The third-order valence-corrected chi connectivity index (χ3v) is 6.21. The van der Waals surface area contributed by atoms with Gasteiger partial charge in [-0.2, -0.15) is 0 Å². The summed E-state index contributed by atoms with van der Waals surface area (Å²) in [6.07, 6.45) is 4.28. The molecule has 0 bridgehead atoms. The summed E-state index contributed by atoms with van der Waals surface area (Å²) < 4.78 is 11.6. The lowest BCUT2D eigenvalue weighted by Gasteiger charge is -2.36. The van der Waals surface area contributed by atoms with Crippen LogP contribution >= 0.6 is 0 Å². The van der Waals surface area contributed by atoms with E-state index in [-0.39, 0.29) is 19.0 Å². The number of ether oxygens (including phenoxy) is 2. The van der Waals surface area contributed by atoms with Gasteiger partial charge in [-0.15, -0.1) is 0 Å². The van der Waals surface area contributed by atoms with Crippen LogP contribution < -0.4 is 16.1 Å². The van der Waals surface area contributed by atoms with E-state index in [1.165, 1.54) is 0 Å². The zero-order valence-electron chi connectivity index (χ0n) is 23.8. The second kappa shape index (κ2) is 16.2. The fourth-order valence-corrected chi connectivity index (χ4v) is 4.18. The number of rotatable bonds is 15. The first-order valence-electron chi connectivity index (χ1n) is 13.5. The molecule has 1 aromatic carbocycles. The van der Waals surface area contributed by atoms with Gasteiger partial charge in [0.05, 0.1) is 11.6 Å². The maximum Gasteiger partial charge on any atom is 0.338 e. The van der Waals surface area contributed by atoms with Crippen molar-refractivity contribution in [1.82, 2.24) is 31.0 Å². The highest BCUT2D eigenvalue weighted by atomic mass is 16.7. The maximum absolute atomic E-state index is 13.7. The second-order valence-corrected chi connectivity index (χ2v) is 9.20. The number of hydrogen-bond acceptors (Lipinski definition) is 8. The third-order valence-electron chi connectivity index (χ3n) is 6.21. The van der Waals surface area contributed by atoms with E-state index >= 15 is 0 Å². The van der Waals surface area contributed by atoms with E-state index in [0.29, 0.717) is 13.2 Å². The minimum absolute atomic E-state index is 0.223. The van der Waals surface area contributed by atoms with Crippen LogP contribution in [0.4, 0.5) is 4.79 Å². The van der Waals surface area contributed by atoms with Crippen molar-refractivity contribution in [3.63, 3.8) is 0 Å². The van der Waals surface area contributed by atoms with Gasteiger partial charge in [0.15, 0.2) is 12.9 Å². The zero-order chi connectivity index (χ0) is 29.6. The Morgan fingerprint density at radius 3 is 2.37 bits per heavy atom. The molecule has 2 heterocycles. The number of urea groups is 1. The Labute approximate surface area is 239 Å². The van der Waals surface area contributed by atoms with E-state index in [0.717, 1.165) is 22.0 Å². The van der Waals surface area contributed by atoms with E-state index in [2.05, 4.69) is 26.1 Å². The molecule has 0 fully saturated rings. The van der Waals surface area contributed by atoms with Gasteiger partial charge in [0.2, 0.25) is 11.8 Å². The quantitative estimate of drug-likeness (QED) is 0.188. The number of amides is 4. The van der Waals surface area contributed by atoms with Gasteiger partial charge in [-0.05, 0) is 57.0 Å². The molecular weight excluding hydrogens is 528 g/mol. The Kier molecular flexibility index (Phi) is 12.4. The van der Waals surface area contributed by atoms with Crippen molar-refractivity contribution in [2.75, 3.05) is 19.8 Å². The molecule has 3 N–H and O–H groups in total. The molecule has 0 spiro atoms. The van der Waals surface area contributed by atoms with Crippen LogP contribution in [0, 0.1) is 0 Å². The number of hydroxylamine groups is 1. The van der Waals surface area contributed by atoms with Crippen molar-refractivity contribution in [2.45, 2.75) is 59.2 Å². The molecule has 3 rings (SSSR count). The lowest BCUT2D eigenvalue weighted by Crippen LogP contribution is -2.54. The highest BCUT2D eigenvalue weighted by Gasteiger charge is 2.32. The Hall–Kier alpha value is -4.13. The van der Waals surface area contributed by atoms with E-state index in [4.69, 9.17) is 14.3 Å². The number of pyridine rings is 2. The van der Waals surface area contributed by atoms with Crippen molar-refractivity contribution in [2.24, 2.45) is 0 Å². The number of aromatic nitrogens is 2. The van der Waals surface area contributed by atoms with Crippen molar-refractivity contribution in [1.29, 1.82) is 0 Å². The van der Waals surface area contributed by atoms with Gasteiger partial charge in [-0.25, -0.2) is 10.3 Å². The normalized spacial score (nSPS) is 12.5. The standard InChI is InChI=1S/C29H38N6O6/c1-5-39-28(40-6-2)21(4)35(18-24-10-7-9-23-11-8-14-31-26(23)24)27(37)20(3)33-25(36)19-41-34-29(38)32-17-22-12-15-30-16-13-22/h7-16,20-21,28H,5-6,17-19H2,1-4H3,(H,33,36)(H2,32,34,38)/t20-,21-/m0/s1. The first-order chi connectivity index (χ1) is 19.8. The fraction of sp³-hybridized carbons (Fsp3) is 0.414. The summed E-state index contributed by atoms with van der Waals surface area (Å²) in [6.45, 7) is 7.96. The summed E-state index contributed by atoms with van der Waals surface area (Å²) in [5.74, 6) is -0.919. The average Bonchev–Trinajstić information content (AvgIpc) is 2.98. The lowest BCUT2D eigenvalue weighted by atomic mass is 10.1. The molecule has 0 saturated carbocycles. The van der Waals surface area contributed by atoms with Crippen LogP contribution in [-0.2, 0) is 37.0 Å². The van der Waals surface area contributed by atoms with Crippen molar-refractivity contribution < 1.29 is 28.7 Å². The molecule has 41 heavy (non-hydrogen) atoms. The molecule has 0 saturated heterocycles. The summed E-state index contributed by atoms with van der Waals surface area (Å²) in [7, 11) is 0. The average molecular weight is 567 g/mol. The fourth-order valence-electron chi connectivity index (χ4n) is 4.18. The summed E-state index contributed by atoms with van der Waals surface area (Å²) in [6, 6.07) is 11.1. The van der Waals surface area contributed by atoms with Crippen LogP contribution in [-0.4, -0.2) is 70.9 Å². The van der Waals surface area contributed by atoms with E-state index in [9.17, 15) is 14.4 Å². The molecule has 0 aliphatic carbocycles. The van der Waals surface area contributed by atoms with Crippen LogP contribution in [0.5, 0.6) is 0 Å². The number of fused-ring (bicyclic) bond motifs is 1. The van der Waals surface area contributed by atoms with Crippen LogP contribution in [0.1, 0.15) is 38.8 Å². The Morgan fingerprint density at radius 1 is 0.951 bits per heavy atom. The summed E-state index contributed by atoms with van der Waals surface area (Å²) in [5, 5.41) is 6.19. The van der Waals surface area contributed by atoms with E-state index in [1.807, 2.05) is 51.1 Å². The van der Waals surface area contributed by atoms with Crippen molar-refractivity contribution in [3.8, 4) is 0 Å². The van der Waals surface area contributed by atoms with Gasteiger partial charge in [-0.1, -0.05) is 24.3 Å². The molecule has 2 atom stereocenters. The first kappa shape index (κ1) is 31.4. The smallest absolute Gasteiger partial charge is 0.338 e. The second-order valence-electron chi connectivity index (χ2n) is 9.20. The zero-order valence-corrected chi connectivity index (χ0v) is 23.8. The topological polar surface area (TPSA) is 144 Å². The molecule has 12 heteroatoms. The minimum Gasteiger partial charge on any atom is -0.351 e. The molecule has 0 unspecified atom stereocenters. The summed E-state index contributed by atoms with van der Waals surface area (Å²) in [4.78, 5) is 53.3. The predicted molar refractivity (Wildman–Crippen MR) is 152 cm³/mol. The van der Waals surface area contributed by atoms with Crippen LogP contribution in [0.3, 0.4) is 0 Å². The molecule has 12 nitrogen and oxygen atoms in total. The van der Waals surface area contributed by atoms with Crippen LogP contribution in [0.2, 0.25) is 0 Å². The largest absolute Gasteiger partial charge is 0.351 e. The monoisotopic (exact) mass is 566 g/mol. The Balaban J connectivity index is 1.63. The highest BCUT2D eigenvalue weighted by molar-refractivity contribution is 5.88. The SMILES string of the molecule is CCOC(OCC)[C@H](C)N(Cc1cccc2cccnc12)C(=O)[C@H](C)NC(=O)CONC(=O)NCc1ccncc1. The lowest BCUT2D eigenvalue weighted by molar-refractivity contribution is -0.179. The van der Waals surface area contributed by atoms with E-state index in [1.54, 1.807) is 42.5 Å². The van der Waals surface area contributed by atoms with Crippen LogP contribution in [0.25, 0.3) is 10.9 Å². The number of para-hydroxylation sites is 1. The minimum atomic E-state index is -0.902. The number of benzene rings is 1.